The number of hydrogen-bond acceptors (Lipinski definition) is 7. The zero-order valence-corrected chi connectivity index (χ0v) is 20.2. The third kappa shape index (κ3) is 6.26. The second-order valence-electron chi connectivity index (χ2n) is 7.33. The van der Waals surface area contributed by atoms with Crippen molar-refractivity contribution in [3.8, 4) is 23.0 Å². The molecule has 4 rings (SSSR count). The summed E-state index contributed by atoms with van der Waals surface area (Å²) in [6.45, 7) is 0.0191. The van der Waals surface area contributed by atoms with E-state index in [1.54, 1.807) is 48.5 Å². The number of amides is 1. The highest BCUT2D eigenvalue weighted by Crippen LogP contribution is 2.31. The summed E-state index contributed by atoms with van der Waals surface area (Å²) in [6, 6.07) is 18.5. The number of hydrogen-bond donors (Lipinski definition) is 1. The van der Waals surface area contributed by atoms with Crippen molar-refractivity contribution in [2.24, 2.45) is 0 Å². The van der Waals surface area contributed by atoms with E-state index in [0.29, 0.717) is 33.1 Å². The molecule has 0 spiro atoms. The first-order chi connectivity index (χ1) is 17.3. The molecule has 0 aliphatic rings. The fourth-order valence-electron chi connectivity index (χ4n) is 3.11. The molecular formula is C25H18Cl2N2O7. The number of rotatable bonds is 9. The zero-order chi connectivity index (χ0) is 25.7. The molecule has 1 aromatic heterocycles. The van der Waals surface area contributed by atoms with Crippen molar-refractivity contribution >= 4 is 40.5 Å². The average Bonchev–Trinajstić information content (AvgIpc) is 3.33. The molecule has 0 saturated carbocycles. The number of ether oxygens (including phenoxy) is 3. The van der Waals surface area contributed by atoms with E-state index in [0.717, 1.165) is 0 Å². The van der Waals surface area contributed by atoms with Crippen LogP contribution in [0, 0.1) is 10.1 Å². The number of benzene rings is 3. The van der Waals surface area contributed by atoms with Gasteiger partial charge in [0.05, 0.1) is 28.8 Å². The Labute approximate surface area is 215 Å². The van der Waals surface area contributed by atoms with Crippen molar-refractivity contribution < 1.29 is 28.3 Å². The van der Waals surface area contributed by atoms with Crippen molar-refractivity contribution in [1.29, 1.82) is 0 Å². The van der Waals surface area contributed by atoms with Crippen LogP contribution in [-0.2, 0) is 6.61 Å². The van der Waals surface area contributed by atoms with Crippen LogP contribution in [0.1, 0.15) is 16.3 Å². The van der Waals surface area contributed by atoms with E-state index in [1.807, 2.05) is 0 Å². The quantitative estimate of drug-likeness (QED) is 0.181. The van der Waals surface area contributed by atoms with Crippen LogP contribution in [0.25, 0.3) is 0 Å². The van der Waals surface area contributed by atoms with Gasteiger partial charge in [0.2, 0.25) is 0 Å². The summed E-state index contributed by atoms with van der Waals surface area (Å²) >= 11 is 12.0. The van der Waals surface area contributed by atoms with Gasteiger partial charge in [-0.15, -0.1) is 0 Å². The van der Waals surface area contributed by atoms with Gasteiger partial charge in [-0.1, -0.05) is 23.2 Å². The van der Waals surface area contributed by atoms with Crippen LogP contribution in [0.3, 0.4) is 0 Å². The van der Waals surface area contributed by atoms with Crippen LogP contribution in [0.5, 0.6) is 23.0 Å². The molecule has 3 aromatic carbocycles. The van der Waals surface area contributed by atoms with E-state index in [4.69, 9.17) is 41.8 Å². The second kappa shape index (κ2) is 11.0. The first kappa shape index (κ1) is 24.9. The van der Waals surface area contributed by atoms with E-state index in [-0.39, 0.29) is 29.5 Å². The van der Waals surface area contributed by atoms with Gasteiger partial charge in [0.1, 0.15) is 35.4 Å². The molecule has 184 valence electrons. The van der Waals surface area contributed by atoms with Gasteiger partial charge in [0.25, 0.3) is 11.6 Å². The Balaban J connectivity index is 1.45. The number of nitrogens with zero attached hydrogens (tertiary/aromatic N) is 1. The van der Waals surface area contributed by atoms with Gasteiger partial charge < -0.3 is 23.9 Å². The monoisotopic (exact) mass is 528 g/mol. The number of furan rings is 1. The summed E-state index contributed by atoms with van der Waals surface area (Å²) in [5.74, 6) is 1.39. The predicted octanol–water partition coefficient (Wildman–Crippen LogP) is 7.13. The minimum Gasteiger partial charge on any atom is -0.497 e. The lowest BCUT2D eigenvalue weighted by Crippen LogP contribution is -2.11. The van der Waals surface area contributed by atoms with Crippen LogP contribution in [0.4, 0.5) is 11.4 Å². The smallest absolute Gasteiger partial charge is 0.291 e. The summed E-state index contributed by atoms with van der Waals surface area (Å²) in [6.07, 6.45) is 0. The molecule has 0 aliphatic carbocycles. The number of non-ortho nitro benzene ring substituents is 1. The van der Waals surface area contributed by atoms with Crippen LogP contribution >= 0.6 is 23.2 Å². The molecule has 0 fully saturated rings. The molecule has 0 aliphatic heterocycles. The number of methoxy groups -OCH3 is 1. The van der Waals surface area contributed by atoms with Gasteiger partial charge in [-0.3, -0.25) is 14.9 Å². The Morgan fingerprint density at radius 2 is 1.72 bits per heavy atom. The van der Waals surface area contributed by atoms with Gasteiger partial charge in [0.15, 0.2) is 5.76 Å². The average molecular weight is 529 g/mol. The molecule has 1 N–H and O–H groups in total. The molecule has 9 nitrogen and oxygen atoms in total. The number of nitro benzene ring substituents is 1. The first-order valence-electron chi connectivity index (χ1n) is 10.4. The van der Waals surface area contributed by atoms with E-state index in [1.165, 1.54) is 31.4 Å². The molecule has 11 heteroatoms. The van der Waals surface area contributed by atoms with Crippen molar-refractivity contribution in [3.05, 3.63) is 104 Å². The lowest BCUT2D eigenvalue weighted by molar-refractivity contribution is -0.384. The Hall–Kier alpha value is -4.21. The van der Waals surface area contributed by atoms with Gasteiger partial charge in [-0.05, 0) is 54.6 Å². The van der Waals surface area contributed by atoms with Crippen molar-refractivity contribution in [3.63, 3.8) is 0 Å². The highest BCUT2D eigenvalue weighted by atomic mass is 35.5. The van der Waals surface area contributed by atoms with Gasteiger partial charge in [0, 0.05) is 17.2 Å². The Morgan fingerprint density at radius 1 is 0.972 bits per heavy atom. The fraction of sp³-hybridized carbons (Fsp3) is 0.0800. The topological polar surface area (TPSA) is 113 Å². The lowest BCUT2D eigenvalue weighted by atomic mass is 10.2. The third-order valence-corrected chi connectivity index (χ3v) is 5.33. The number of carbonyl (C=O) groups is 1. The summed E-state index contributed by atoms with van der Waals surface area (Å²) in [5, 5.41) is 14.8. The number of halogens is 2. The Bertz CT molecular complexity index is 1400. The molecule has 36 heavy (non-hydrogen) atoms. The third-order valence-electron chi connectivity index (χ3n) is 4.80. The Kier molecular flexibility index (Phi) is 7.62. The van der Waals surface area contributed by atoms with Gasteiger partial charge in [-0.2, -0.15) is 0 Å². The molecule has 0 unspecified atom stereocenters. The lowest BCUT2D eigenvalue weighted by Gasteiger charge is -2.09. The maximum absolute atomic E-state index is 12.7. The van der Waals surface area contributed by atoms with Crippen LogP contribution in [0.15, 0.2) is 77.2 Å². The largest absolute Gasteiger partial charge is 0.497 e. The molecule has 1 heterocycles. The molecule has 4 aromatic rings. The molecule has 1 amide bonds. The predicted molar refractivity (Wildman–Crippen MR) is 134 cm³/mol. The summed E-state index contributed by atoms with van der Waals surface area (Å²) < 4.78 is 22.0. The first-order valence-corrected chi connectivity index (χ1v) is 11.2. The van der Waals surface area contributed by atoms with Crippen LogP contribution < -0.4 is 19.5 Å². The molecule has 0 bridgehead atoms. The van der Waals surface area contributed by atoms with Crippen molar-refractivity contribution in [2.75, 3.05) is 12.4 Å². The maximum atomic E-state index is 12.7. The highest BCUT2D eigenvalue weighted by Gasteiger charge is 2.17. The van der Waals surface area contributed by atoms with Crippen LogP contribution in [-0.4, -0.2) is 17.9 Å². The van der Waals surface area contributed by atoms with Crippen molar-refractivity contribution in [1.82, 2.24) is 0 Å². The van der Waals surface area contributed by atoms with Gasteiger partial charge in [-0.25, -0.2) is 0 Å². The normalized spacial score (nSPS) is 10.5. The summed E-state index contributed by atoms with van der Waals surface area (Å²) in [4.78, 5) is 23.5. The molecular weight excluding hydrogens is 511 g/mol. The standard InChI is InChI=1S/C25H18Cl2N2O7/c1-33-18-3-5-19(6-4-18)35-21-12-16(11-17(13-21)29(31)32)28-25(30)24-9-7-20(36-24)14-34-23-8-2-15(26)10-22(23)27/h2-13H,14H2,1H3,(H,28,30). The number of nitrogens with one attached hydrogen (secondary N) is 1. The van der Waals surface area contributed by atoms with E-state index in [2.05, 4.69) is 5.32 Å². The second-order valence-corrected chi connectivity index (χ2v) is 8.18. The molecule has 0 atom stereocenters. The molecule has 0 radical (unpaired) electrons. The minimum atomic E-state index is -0.610. The van der Waals surface area contributed by atoms with E-state index in [9.17, 15) is 14.9 Å². The van der Waals surface area contributed by atoms with E-state index >= 15 is 0 Å². The van der Waals surface area contributed by atoms with Crippen LogP contribution in [0.2, 0.25) is 10.0 Å². The number of nitro groups is 1. The molecule has 0 saturated heterocycles. The van der Waals surface area contributed by atoms with Gasteiger partial charge >= 0.3 is 0 Å². The summed E-state index contributed by atoms with van der Waals surface area (Å²) in [5.41, 5.74) is -0.107. The van der Waals surface area contributed by atoms with Crippen molar-refractivity contribution in [2.45, 2.75) is 6.61 Å². The fourth-order valence-corrected chi connectivity index (χ4v) is 3.57. The summed E-state index contributed by atoms with van der Waals surface area (Å²) in [7, 11) is 1.54. The number of anilines is 1. The Morgan fingerprint density at radius 3 is 2.42 bits per heavy atom. The SMILES string of the molecule is COc1ccc(Oc2cc(NC(=O)c3ccc(COc4ccc(Cl)cc4Cl)o3)cc([N+](=O)[O-])c2)cc1. The van der Waals surface area contributed by atoms with E-state index < -0.39 is 10.8 Å². The highest BCUT2D eigenvalue weighted by molar-refractivity contribution is 6.35. The number of carbonyl (C=O) groups excluding carboxylic acids is 1. The zero-order valence-electron chi connectivity index (χ0n) is 18.7. The maximum Gasteiger partial charge on any atom is 0.291 e. The minimum absolute atomic E-state index is 0.0140.